The zero-order chi connectivity index (χ0) is 13.0. The minimum absolute atomic E-state index is 0.597. The van der Waals surface area contributed by atoms with Crippen LogP contribution in [0.4, 0.5) is 0 Å². The zero-order valence-corrected chi connectivity index (χ0v) is 10.5. The van der Waals surface area contributed by atoms with E-state index in [0.29, 0.717) is 17.9 Å². The largest absolute Gasteiger partial charge is 0.492 e. The van der Waals surface area contributed by atoms with Gasteiger partial charge in [-0.05, 0) is 25.5 Å². The van der Waals surface area contributed by atoms with Gasteiger partial charge in [-0.3, -0.25) is 9.78 Å². The van der Waals surface area contributed by atoms with Crippen LogP contribution in [0.15, 0.2) is 36.7 Å². The summed E-state index contributed by atoms with van der Waals surface area (Å²) in [5.74, 6) is 0.716. The SMILES string of the molecule is CCOc1cncc(-c2cc(C)ccc2C=O)c1. The first-order valence-electron chi connectivity index (χ1n) is 5.88. The molecule has 92 valence electrons. The number of aromatic nitrogens is 1. The second-order valence-electron chi connectivity index (χ2n) is 4.05. The third kappa shape index (κ3) is 2.56. The standard InChI is InChI=1S/C15H15NO2/c1-3-18-14-7-13(8-16-9-14)15-6-11(2)4-5-12(15)10-17/h4-10H,3H2,1-2H3. The van der Waals surface area contributed by atoms with Crippen molar-refractivity contribution in [1.29, 1.82) is 0 Å². The van der Waals surface area contributed by atoms with Crippen molar-refractivity contribution in [1.82, 2.24) is 4.98 Å². The number of carbonyl (C=O) groups excluding carboxylic acids is 1. The molecule has 3 nitrogen and oxygen atoms in total. The maximum Gasteiger partial charge on any atom is 0.150 e. The summed E-state index contributed by atoms with van der Waals surface area (Å²) in [7, 11) is 0. The van der Waals surface area contributed by atoms with Crippen LogP contribution in [0.1, 0.15) is 22.8 Å². The van der Waals surface area contributed by atoms with Gasteiger partial charge in [0.15, 0.2) is 6.29 Å². The first-order chi connectivity index (χ1) is 8.74. The maximum absolute atomic E-state index is 11.1. The lowest BCUT2D eigenvalue weighted by Gasteiger charge is -2.08. The van der Waals surface area contributed by atoms with E-state index in [0.717, 1.165) is 23.0 Å². The first-order valence-corrected chi connectivity index (χ1v) is 5.88. The molecule has 1 aromatic heterocycles. The summed E-state index contributed by atoms with van der Waals surface area (Å²) in [6.07, 6.45) is 4.27. The van der Waals surface area contributed by atoms with Gasteiger partial charge in [0, 0.05) is 17.3 Å². The van der Waals surface area contributed by atoms with Crippen molar-refractivity contribution in [2.75, 3.05) is 6.61 Å². The highest BCUT2D eigenvalue weighted by atomic mass is 16.5. The average Bonchev–Trinajstić information content (AvgIpc) is 2.39. The number of hydrogen-bond donors (Lipinski definition) is 0. The van der Waals surface area contributed by atoms with Crippen LogP contribution < -0.4 is 4.74 Å². The molecule has 2 aromatic rings. The number of pyridine rings is 1. The normalized spacial score (nSPS) is 10.1. The Morgan fingerprint density at radius 3 is 2.83 bits per heavy atom. The molecule has 0 unspecified atom stereocenters. The molecular weight excluding hydrogens is 226 g/mol. The second kappa shape index (κ2) is 5.45. The van der Waals surface area contributed by atoms with Gasteiger partial charge in [-0.25, -0.2) is 0 Å². The van der Waals surface area contributed by atoms with Crippen LogP contribution in [-0.4, -0.2) is 17.9 Å². The Bertz CT molecular complexity index is 564. The van der Waals surface area contributed by atoms with E-state index in [2.05, 4.69) is 4.98 Å². The lowest BCUT2D eigenvalue weighted by Crippen LogP contribution is -1.94. The van der Waals surface area contributed by atoms with Gasteiger partial charge >= 0.3 is 0 Å². The number of rotatable bonds is 4. The highest BCUT2D eigenvalue weighted by molar-refractivity contribution is 5.87. The van der Waals surface area contributed by atoms with E-state index in [1.807, 2.05) is 38.1 Å². The van der Waals surface area contributed by atoms with Crippen LogP contribution in [0.2, 0.25) is 0 Å². The summed E-state index contributed by atoms with van der Waals surface area (Å²) in [6.45, 7) is 4.52. The minimum atomic E-state index is 0.597. The molecule has 0 bridgehead atoms. The Balaban J connectivity index is 2.50. The molecule has 0 aliphatic rings. The molecule has 2 rings (SSSR count). The van der Waals surface area contributed by atoms with Gasteiger partial charge < -0.3 is 4.74 Å². The fraction of sp³-hybridized carbons (Fsp3) is 0.200. The van der Waals surface area contributed by atoms with Crippen LogP contribution in [0, 0.1) is 6.92 Å². The highest BCUT2D eigenvalue weighted by Crippen LogP contribution is 2.26. The van der Waals surface area contributed by atoms with E-state index in [-0.39, 0.29) is 0 Å². The Morgan fingerprint density at radius 2 is 2.11 bits per heavy atom. The summed E-state index contributed by atoms with van der Waals surface area (Å²) in [5.41, 5.74) is 3.55. The fourth-order valence-electron chi connectivity index (χ4n) is 1.83. The summed E-state index contributed by atoms with van der Waals surface area (Å²) in [6, 6.07) is 7.63. The van der Waals surface area contributed by atoms with Gasteiger partial charge in [0.05, 0.1) is 12.8 Å². The van der Waals surface area contributed by atoms with E-state index >= 15 is 0 Å². The van der Waals surface area contributed by atoms with Crippen LogP contribution in [0.25, 0.3) is 11.1 Å². The van der Waals surface area contributed by atoms with Crippen molar-refractivity contribution in [3.63, 3.8) is 0 Å². The Kier molecular flexibility index (Phi) is 3.72. The Labute approximate surface area is 106 Å². The molecule has 0 fully saturated rings. The first kappa shape index (κ1) is 12.3. The minimum Gasteiger partial charge on any atom is -0.492 e. The van der Waals surface area contributed by atoms with Crippen LogP contribution >= 0.6 is 0 Å². The summed E-state index contributed by atoms with van der Waals surface area (Å²) >= 11 is 0. The maximum atomic E-state index is 11.1. The van der Waals surface area contributed by atoms with E-state index < -0.39 is 0 Å². The Hall–Kier alpha value is -2.16. The zero-order valence-electron chi connectivity index (χ0n) is 10.5. The molecule has 0 amide bonds. The fourth-order valence-corrected chi connectivity index (χ4v) is 1.83. The molecule has 0 saturated heterocycles. The van der Waals surface area contributed by atoms with Gasteiger partial charge in [0.2, 0.25) is 0 Å². The van der Waals surface area contributed by atoms with Crippen molar-refractivity contribution >= 4 is 6.29 Å². The van der Waals surface area contributed by atoms with Crippen molar-refractivity contribution < 1.29 is 9.53 Å². The molecule has 0 saturated carbocycles. The van der Waals surface area contributed by atoms with Crippen molar-refractivity contribution in [3.05, 3.63) is 47.8 Å². The van der Waals surface area contributed by atoms with E-state index in [9.17, 15) is 4.79 Å². The third-order valence-corrected chi connectivity index (χ3v) is 2.67. The molecule has 1 aromatic carbocycles. The van der Waals surface area contributed by atoms with Crippen LogP contribution in [-0.2, 0) is 0 Å². The Morgan fingerprint density at radius 1 is 1.28 bits per heavy atom. The molecule has 0 spiro atoms. The molecule has 0 aliphatic carbocycles. The van der Waals surface area contributed by atoms with Crippen LogP contribution in [0.5, 0.6) is 5.75 Å². The molecule has 0 radical (unpaired) electrons. The van der Waals surface area contributed by atoms with Gasteiger partial charge in [-0.1, -0.05) is 23.8 Å². The number of nitrogens with zero attached hydrogens (tertiary/aromatic N) is 1. The van der Waals surface area contributed by atoms with Gasteiger partial charge in [0.25, 0.3) is 0 Å². The lowest BCUT2D eigenvalue weighted by molar-refractivity contribution is 0.112. The smallest absolute Gasteiger partial charge is 0.150 e. The van der Waals surface area contributed by atoms with E-state index in [1.54, 1.807) is 12.4 Å². The number of aryl methyl sites for hydroxylation is 1. The summed E-state index contributed by atoms with van der Waals surface area (Å²) < 4.78 is 5.42. The topological polar surface area (TPSA) is 39.2 Å². The number of hydrogen-bond acceptors (Lipinski definition) is 3. The summed E-state index contributed by atoms with van der Waals surface area (Å²) in [5, 5.41) is 0. The van der Waals surface area contributed by atoms with Gasteiger partial charge in [0.1, 0.15) is 5.75 Å². The number of ether oxygens (including phenoxy) is 1. The van der Waals surface area contributed by atoms with Crippen LogP contribution in [0.3, 0.4) is 0 Å². The molecule has 18 heavy (non-hydrogen) atoms. The molecule has 1 heterocycles. The predicted molar refractivity (Wildman–Crippen MR) is 71.0 cm³/mol. The quantitative estimate of drug-likeness (QED) is 0.771. The molecule has 0 atom stereocenters. The number of carbonyl (C=O) groups is 1. The molecule has 3 heteroatoms. The van der Waals surface area contributed by atoms with Crippen molar-refractivity contribution in [2.24, 2.45) is 0 Å². The molecule has 0 N–H and O–H groups in total. The molecule has 0 aliphatic heterocycles. The van der Waals surface area contributed by atoms with E-state index in [4.69, 9.17) is 4.74 Å². The third-order valence-electron chi connectivity index (χ3n) is 2.67. The van der Waals surface area contributed by atoms with Crippen molar-refractivity contribution in [3.8, 4) is 16.9 Å². The lowest BCUT2D eigenvalue weighted by atomic mass is 9.99. The van der Waals surface area contributed by atoms with Gasteiger partial charge in [-0.2, -0.15) is 0 Å². The number of aldehydes is 1. The summed E-state index contributed by atoms with van der Waals surface area (Å²) in [4.78, 5) is 15.2. The predicted octanol–water partition coefficient (Wildman–Crippen LogP) is 3.27. The molecular formula is C15H15NO2. The second-order valence-corrected chi connectivity index (χ2v) is 4.05. The monoisotopic (exact) mass is 241 g/mol. The highest BCUT2D eigenvalue weighted by Gasteiger charge is 2.06. The van der Waals surface area contributed by atoms with Crippen molar-refractivity contribution in [2.45, 2.75) is 13.8 Å². The number of benzene rings is 1. The van der Waals surface area contributed by atoms with E-state index in [1.165, 1.54) is 0 Å². The van der Waals surface area contributed by atoms with Gasteiger partial charge in [-0.15, -0.1) is 0 Å². The average molecular weight is 241 g/mol.